The van der Waals surface area contributed by atoms with Gasteiger partial charge >= 0.3 is 0 Å². The van der Waals surface area contributed by atoms with Gasteiger partial charge in [-0.3, -0.25) is 14.3 Å². The summed E-state index contributed by atoms with van der Waals surface area (Å²) in [5.41, 5.74) is 6.01. The van der Waals surface area contributed by atoms with Crippen molar-refractivity contribution >= 4 is 33.8 Å². The van der Waals surface area contributed by atoms with Crippen molar-refractivity contribution in [2.75, 3.05) is 5.73 Å². The lowest BCUT2D eigenvalue weighted by Gasteiger charge is -2.06. The Morgan fingerprint density at radius 3 is 2.75 bits per heavy atom. The fourth-order valence-electron chi connectivity index (χ4n) is 1.65. The fraction of sp³-hybridized carbons (Fsp3) is 0.0833. The van der Waals surface area contributed by atoms with E-state index in [1.807, 2.05) is 0 Å². The zero-order chi connectivity index (χ0) is 14.7. The van der Waals surface area contributed by atoms with Gasteiger partial charge in [0.2, 0.25) is 0 Å². The number of nitrogens with two attached hydrogens (primary N) is 1. The summed E-state index contributed by atoms with van der Waals surface area (Å²) in [5, 5.41) is 11.4. The molecule has 20 heavy (non-hydrogen) atoms. The Hall–Kier alpha value is -1.99. The van der Waals surface area contributed by atoms with Crippen molar-refractivity contribution in [1.82, 2.24) is 4.98 Å². The maximum absolute atomic E-state index is 12.2. The quantitative estimate of drug-likeness (QED) is 0.691. The highest BCUT2D eigenvalue weighted by molar-refractivity contribution is 7.84. The van der Waals surface area contributed by atoms with Crippen LogP contribution in [0.3, 0.4) is 0 Å². The Kier molecular flexibility index (Phi) is 4.31. The molecule has 8 heteroatoms. The molecule has 0 aliphatic rings. The van der Waals surface area contributed by atoms with Gasteiger partial charge in [0.25, 0.3) is 5.69 Å². The first-order valence-electron chi connectivity index (χ1n) is 5.51. The molecule has 1 atom stereocenters. The summed E-state index contributed by atoms with van der Waals surface area (Å²) < 4.78 is 12.2. The molecule has 1 unspecified atom stereocenters. The molecule has 0 amide bonds. The number of hydrogen-bond acceptors (Lipinski definition) is 5. The fourth-order valence-corrected chi connectivity index (χ4v) is 3.18. The van der Waals surface area contributed by atoms with Crippen LogP contribution in [0.1, 0.15) is 5.56 Å². The number of nitro benzene ring substituents is 1. The third kappa shape index (κ3) is 2.94. The van der Waals surface area contributed by atoms with E-state index >= 15 is 0 Å². The van der Waals surface area contributed by atoms with E-state index in [9.17, 15) is 14.3 Å². The van der Waals surface area contributed by atoms with Crippen LogP contribution >= 0.6 is 11.6 Å². The predicted molar refractivity (Wildman–Crippen MR) is 76.9 cm³/mol. The minimum Gasteiger partial charge on any atom is -0.396 e. The number of nitrogen functional groups attached to an aromatic ring is 1. The van der Waals surface area contributed by atoms with Gasteiger partial charge in [0.1, 0.15) is 5.03 Å². The number of rotatable bonds is 4. The third-order valence-electron chi connectivity index (χ3n) is 2.58. The van der Waals surface area contributed by atoms with Crippen LogP contribution < -0.4 is 5.73 Å². The Morgan fingerprint density at radius 2 is 2.10 bits per heavy atom. The molecule has 0 saturated carbocycles. The molecule has 0 radical (unpaired) electrons. The number of aromatic nitrogens is 1. The first kappa shape index (κ1) is 14.4. The van der Waals surface area contributed by atoms with E-state index in [0.717, 1.165) is 0 Å². The molecular formula is C12H10ClN3O3S. The first-order chi connectivity index (χ1) is 9.50. The summed E-state index contributed by atoms with van der Waals surface area (Å²) in [7, 11) is -1.61. The van der Waals surface area contributed by atoms with Gasteiger partial charge in [-0.05, 0) is 18.2 Å². The number of anilines is 1. The smallest absolute Gasteiger partial charge is 0.275 e. The highest BCUT2D eigenvalue weighted by Crippen LogP contribution is 2.29. The second-order valence-corrected chi connectivity index (χ2v) is 5.66. The van der Waals surface area contributed by atoms with Crippen LogP contribution in [0.4, 0.5) is 11.4 Å². The van der Waals surface area contributed by atoms with Crippen LogP contribution in [0.2, 0.25) is 5.02 Å². The van der Waals surface area contributed by atoms with Crippen LogP contribution in [-0.4, -0.2) is 14.1 Å². The van der Waals surface area contributed by atoms with Gasteiger partial charge in [0.05, 0.1) is 37.7 Å². The maximum atomic E-state index is 12.2. The van der Waals surface area contributed by atoms with Gasteiger partial charge in [0.15, 0.2) is 0 Å². The molecule has 1 heterocycles. The molecule has 2 N–H and O–H groups in total. The van der Waals surface area contributed by atoms with Crippen LogP contribution in [0.15, 0.2) is 41.6 Å². The number of nitro groups is 1. The molecule has 0 aliphatic carbocycles. The summed E-state index contributed by atoms with van der Waals surface area (Å²) in [6, 6.07) is 7.50. The van der Waals surface area contributed by atoms with E-state index in [0.29, 0.717) is 0 Å². The van der Waals surface area contributed by atoms with Gasteiger partial charge in [-0.2, -0.15) is 0 Å². The molecule has 1 aromatic heterocycles. The van der Waals surface area contributed by atoms with Crippen molar-refractivity contribution < 1.29 is 9.13 Å². The normalized spacial score (nSPS) is 12.1. The average Bonchev–Trinajstić information content (AvgIpc) is 2.41. The predicted octanol–water partition coefficient (Wildman–Crippen LogP) is 2.53. The standard InChI is InChI=1S/C12H10ClN3O3S/c13-9-3-1-5-11(16(17)18)8(9)7-20(19)12-10(14)4-2-6-15-12/h1-6H,7,14H2. The minimum atomic E-state index is -1.61. The SMILES string of the molecule is Nc1cccnc1S(=O)Cc1c(Cl)cccc1[N+](=O)[O-]. The van der Waals surface area contributed by atoms with Crippen molar-refractivity contribution in [3.05, 3.63) is 57.2 Å². The lowest BCUT2D eigenvalue weighted by Crippen LogP contribution is -2.05. The second kappa shape index (κ2) is 5.98. The maximum Gasteiger partial charge on any atom is 0.275 e. The molecule has 0 aliphatic heterocycles. The van der Waals surface area contributed by atoms with Crippen molar-refractivity contribution in [1.29, 1.82) is 0 Å². The van der Waals surface area contributed by atoms with Crippen LogP contribution in [0, 0.1) is 10.1 Å². The van der Waals surface area contributed by atoms with E-state index in [4.69, 9.17) is 17.3 Å². The van der Waals surface area contributed by atoms with Crippen LogP contribution in [-0.2, 0) is 16.6 Å². The Labute approximate surface area is 122 Å². The molecule has 0 spiro atoms. The Bertz CT molecular complexity index is 693. The Morgan fingerprint density at radius 1 is 1.35 bits per heavy atom. The number of nitrogens with zero attached hydrogens (tertiary/aromatic N) is 2. The monoisotopic (exact) mass is 311 g/mol. The number of halogens is 1. The molecule has 6 nitrogen and oxygen atoms in total. The van der Waals surface area contributed by atoms with E-state index in [2.05, 4.69) is 4.98 Å². The van der Waals surface area contributed by atoms with Gasteiger partial charge in [-0.15, -0.1) is 0 Å². The molecule has 104 valence electrons. The van der Waals surface area contributed by atoms with Crippen molar-refractivity contribution in [3.8, 4) is 0 Å². The van der Waals surface area contributed by atoms with Crippen LogP contribution in [0.25, 0.3) is 0 Å². The molecule has 2 aromatic rings. The van der Waals surface area contributed by atoms with Crippen molar-refractivity contribution in [2.45, 2.75) is 10.8 Å². The number of pyridine rings is 1. The van der Waals surface area contributed by atoms with E-state index in [-0.39, 0.29) is 32.7 Å². The summed E-state index contributed by atoms with van der Waals surface area (Å²) >= 11 is 5.95. The van der Waals surface area contributed by atoms with Crippen molar-refractivity contribution in [2.24, 2.45) is 0 Å². The lowest BCUT2D eigenvalue weighted by atomic mass is 10.2. The topological polar surface area (TPSA) is 99.1 Å². The van der Waals surface area contributed by atoms with Crippen molar-refractivity contribution in [3.63, 3.8) is 0 Å². The van der Waals surface area contributed by atoms with Gasteiger partial charge in [-0.25, -0.2) is 4.98 Å². The summed E-state index contributed by atoms with van der Waals surface area (Å²) in [6.07, 6.45) is 1.46. The summed E-state index contributed by atoms with van der Waals surface area (Å²) in [5.74, 6) is -0.114. The molecule has 2 rings (SSSR count). The zero-order valence-electron chi connectivity index (χ0n) is 10.2. The minimum absolute atomic E-state index is 0.114. The molecule has 1 aromatic carbocycles. The van der Waals surface area contributed by atoms with Gasteiger partial charge < -0.3 is 5.73 Å². The highest BCUT2D eigenvalue weighted by Gasteiger charge is 2.20. The molecule has 0 fully saturated rings. The van der Waals surface area contributed by atoms with E-state index in [1.165, 1.54) is 24.4 Å². The second-order valence-electron chi connectivity index (χ2n) is 3.88. The average molecular weight is 312 g/mol. The number of benzene rings is 1. The molecule has 0 bridgehead atoms. The molecular weight excluding hydrogens is 302 g/mol. The summed E-state index contributed by atoms with van der Waals surface area (Å²) in [4.78, 5) is 14.4. The number of hydrogen-bond donors (Lipinski definition) is 1. The molecule has 0 saturated heterocycles. The first-order valence-corrected chi connectivity index (χ1v) is 7.21. The summed E-state index contributed by atoms with van der Waals surface area (Å²) in [6.45, 7) is 0. The van der Waals surface area contributed by atoms with E-state index in [1.54, 1.807) is 12.1 Å². The van der Waals surface area contributed by atoms with E-state index < -0.39 is 15.7 Å². The largest absolute Gasteiger partial charge is 0.396 e. The van der Waals surface area contributed by atoms with Gasteiger partial charge in [0, 0.05) is 12.3 Å². The Balaban J connectivity index is 2.38. The highest BCUT2D eigenvalue weighted by atomic mass is 35.5. The lowest BCUT2D eigenvalue weighted by molar-refractivity contribution is -0.385. The zero-order valence-corrected chi connectivity index (χ0v) is 11.7. The van der Waals surface area contributed by atoms with Gasteiger partial charge in [-0.1, -0.05) is 17.7 Å². The van der Waals surface area contributed by atoms with Crippen LogP contribution in [0.5, 0.6) is 0 Å². The third-order valence-corrected chi connectivity index (χ3v) is 4.26.